The van der Waals surface area contributed by atoms with Gasteiger partial charge in [0.05, 0.1) is 22.5 Å². The van der Waals surface area contributed by atoms with E-state index in [0.717, 1.165) is 41.0 Å². The second-order valence-electron chi connectivity index (χ2n) is 6.60. The van der Waals surface area contributed by atoms with Gasteiger partial charge < -0.3 is 14.6 Å². The van der Waals surface area contributed by atoms with Crippen molar-refractivity contribution in [2.24, 2.45) is 0 Å². The number of nitrogens with one attached hydrogen (secondary N) is 1. The van der Waals surface area contributed by atoms with Gasteiger partial charge in [0.1, 0.15) is 5.01 Å². The molecule has 27 heavy (non-hydrogen) atoms. The molecule has 0 radical (unpaired) electrons. The SMILES string of the molecule is O=C(NCCC(=O)N1CCCC[C@H]1c1nc2ccccc2s1)c1ccco1. The molecule has 2 aromatic heterocycles. The number of fused-ring (bicyclic) bond motifs is 1. The lowest BCUT2D eigenvalue weighted by Gasteiger charge is -2.34. The van der Waals surface area contributed by atoms with Crippen LogP contribution in [0.2, 0.25) is 0 Å². The zero-order valence-electron chi connectivity index (χ0n) is 14.9. The molecule has 3 heterocycles. The molecule has 1 N–H and O–H groups in total. The third-order valence-corrected chi connectivity index (χ3v) is 5.93. The topological polar surface area (TPSA) is 75.4 Å². The van der Waals surface area contributed by atoms with E-state index >= 15 is 0 Å². The zero-order chi connectivity index (χ0) is 18.6. The largest absolute Gasteiger partial charge is 0.459 e. The summed E-state index contributed by atoms with van der Waals surface area (Å²) < 4.78 is 6.21. The Hall–Kier alpha value is -2.67. The molecule has 1 aliphatic rings. The Morgan fingerprint density at radius 1 is 1.22 bits per heavy atom. The van der Waals surface area contributed by atoms with Gasteiger partial charge in [-0.2, -0.15) is 0 Å². The van der Waals surface area contributed by atoms with Gasteiger partial charge in [-0.25, -0.2) is 4.98 Å². The first-order chi connectivity index (χ1) is 13.2. The predicted octanol–water partition coefficient (Wildman–Crippen LogP) is 3.76. The third-order valence-electron chi connectivity index (χ3n) is 4.79. The summed E-state index contributed by atoms with van der Waals surface area (Å²) in [6.45, 7) is 1.03. The van der Waals surface area contributed by atoms with Crippen LogP contribution in [0.15, 0.2) is 47.1 Å². The maximum atomic E-state index is 12.8. The average Bonchev–Trinajstić information content (AvgIpc) is 3.37. The lowest BCUT2D eigenvalue weighted by molar-refractivity contribution is -0.134. The van der Waals surface area contributed by atoms with Crippen LogP contribution in [0.3, 0.4) is 0 Å². The lowest BCUT2D eigenvalue weighted by Crippen LogP contribution is -2.40. The van der Waals surface area contributed by atoms with Crippen LogP contribution in [0.1, 0.15) is 47.3 Å². The van der Waals surface area contributed by atoms with Crippen molar-refractivity contribution in [2.75, 3.05) is 13.1 Å². The number of furan rings is 1. The van der Waals surface area contributed by atoms with Crippen LogP contribution >= 0.6 is 11.3 Å². The number of thiazole rings is 1. The third kappa shape index (κ3) is 3.88. The molecule has 4 rings (SSSR count). The summed E-state index contributed by atoms with van der Waals surface area (Å²) in [6.07, 6.45) is 4.76. The molecule has 140 valence electrons. The first kappa shape index (κ1) is 17.7. The van der Waals surface area contributed by atoms with Crippen molar-refractivity contribution >= 4 is 33.4 Å². The molecular formula is C20H21N3O3S. The first-order valence-electron chi connectivity index (χ1n) is 9.19. The summed E-state index contributed by atoms with van der Waals surface area (Å²) in [6, 6.07) is 11.4. The van der Waals surface area contributed by atoms with E-state index in [4.69, 9.17) is 9.40 Å². The highest BCUT2D eigenvalue weighted by Gasteiger charge is 2.30. The molecular weight excluding hydrogens is 362 g/mol. The van der Waals surface area contributed by atoms with Gasteiger partial charge in [-0.05, 0) is 43.5 Å². The summed E-state index contributed by atoms with van der Waals surface area (Å²) in [7, 11) is 0. The highest BCUT2D eigenvalue weighted by Crippen LogP contribution is 2.35. The Bertz CT molecular complexity index is 902. The molecule has 1 aromatic carbocycles. The van der Waals surface area contributed by atoms with Crippen LogP contribution in [0.25, 0.3) is 10.2 Å². The predicted molar refractivity (Wildman–Crippen MR) is 104 cm³/mol. The Kier molecular flexibility index (Phi) is 5.20. The molecule has 6 nitrogen and oxygen atoms in total. The van der Waals surface area contributed by atoms with Crippen LogP contribution in [-0.2, 0) is 4.79 Å². The monoisotopic (exact) mass is 383 g/mol. The van der Waals surface area contributed by atoms with Gasteiger partial charge in [-0.15, -0.1) is 11.3 Å². The number of nitrogens with zero attached hydrogens (tertiary/aromatic N) is 2. The van der Waals surface area contributed by atoms with Gasteiger partial charge in [0.2, 0.25) is 5.91 Å². The molecule has 0 spiro atoms. The number of carbonyl (C=O) groups is 2. The number of likely N-dealkylation sites (tertiary alicyclic amines) is 1. The second-order valence-corrected chi connectivity index (χ2v) is 7.66. The minimum absolute atomic E-state index is 0.0319. The molecule has 0 bridgehead atoms. The standard InChI is InChI=1S/C20H21N3O3S/c24-18(10-11-21-19(25)16-8-5-13-26-16)23-12-4-3-7-15(23)20-22-14-6-1-2-9-17(14)27-20/h1-2,5-6,8-9,13,15H,3-4,7,10-12H2,(H,21,25)/t15-/m0/s1. The number of carbonyl (C=O) groups excluding carboxylic acids is 2. The lowest BCUT2D eigenvalue weighted by atomic mass is 10.0. The van der Waals surface area contributed by atoms with Gasteiger partial charge in [0.15, 0.2) is 5.76 Å². The van der Waals surface area contributed by atoms with Crippen LogP contribution in [0.5, 0.6) is 0 Å². The van der Waals surface area contributed by atoms with E-state index in [-0.39, 0.29) is 30.0 Å². The molecule has 0 aliphatic carbocycles. The van der Waals surface area contributed by atoms with E-state index in [1.54, 1.807) is 23.5 Å². The molecule has 3 aromatic rings. The molecule has 2 amide bonds. The summed E-state index contributed by atoms with van der Waals surface area (Å²) in [4.78, 5) is 31.4. The van der Waals surface area contributed by atoms with Crippen molar-refractivity contribution in [3.63, 3.8) is 0 Å². The minimum atomic E-state index is -0.297. The number of hydrogen-bond acceptors (Lipinski definition) is 5. The Labute approximate surface area is 161 Å². The van der Waals surface area contributed by atoms with E-state index in [9.17, 15) is 9.59 Å². The van der Waals surface area contributed by atoms with E-state index in [1.807, 2.05) is 23.1 Å². The quantitative estimate of drug-likeness (QED) is 0.728. The van der Waals surface area contributed by atoms with Crippen LogP contribution in [0.4, 0.5) is 0 Å². The molecule has 0 unspecified atom stereocenters. The number of para-hydroxylation sites is 1. The van der Waals surface area contributed by atoms with Gasteiger partial charge in [-0.3, -0.25) is 9.59 Å². The maximum absolute atomic E-state index is 12.8. The summed E-state index contributed by atoms with van der Waals surface area (Å²) in [5.41, 5.74) is 0.987. The van der Waals surface area contributed by atoms with Crippen LogP contribution < -0.4 is 5.32 Å². The van der Waals surface area contributed by atoms with Crippen LogP contribution in [0, 0.1) is 0 Å². The van der Waals surface area contributed by atoms with Crippen molar-refractivity contribution in [2.45, 2.75) is 31.7 Å². The fraction of sp³-hybridized carbons (Fsp3) is 0.350. The number of piperidine rings is 1. The normalized spacial score (nSPS) is 17.2. The van der Waals surface area contributed by atoms with Crippen molar-refractivity contribution < 1.29 is 14.0 Å². The fourth-order valence-corrected chi connectivity index (χ4v) is 4.56. The number of aromatic nitrogens is 1. The number of rotatable bonds is 5. The maximum Gasteiger partial charge on any atom is 0.286 e. The fourth-order valence-electron chi connectivity index (χ4n) is 3.44. The van der Waals surface area contributed by atoms with Crippen LogP contribution in [-0.4, -0.2) is 34.8 Å². The van der Waals surface area contributed by atoms with E-state index in [0.29, 0.717) is 6.54 Å². The Morgan fingerprint density at radius 3 is 2.93 bits per heavy atom. The summed E-state index contributed by atoms with van der Waals surface area (Å²) >= 11 is 1.66. The Morgan fingerprint density at radius 2 is 2.11 bits per heavy atom. The first-order valence-corrected chi connectivity index (χ1v) is 10.0. The van der Waals surface area contributed by atoms with Crippen molar-refractivity contribution in [1.82, 2.24) is 15.2 Å². The Balaban J connectivity index is 1.40. The van der Waals surface area contributed by atoms with Crippen molar-refractivity contribution in [3.05, 3.63) is 53.4 Å². The highest BCUT2D eigenvalue weighted by molar-refractivity contribution is 7.18. The highest BCUT2D eigenvalue weighted by atomic mass is 32.1. The summed E-state index contributed by atoms with van der Waals surface area (Å²) in [5.74, 6) is 0.0145. The zero-order valence-corrected chi connectivity index (χ0v) is 15.7. The number of hydrogen-bond donors (Lipinski definition) is 1. The second kappa shape index (κ2) is 7.92. The van der Waals surface area contributed by atoms with Crippen molar-refractivity contribution in [3.8, 4) is 0 Å². The van der Waals surface area contributed by atoms with Gasteiger partial charge in [0.25, 0.3) is 5.91 Å². The van der Waals surface area contributed by atoms with E-state index < -0.39 is 0 Å². The molecule has 1 atom stereocenters. The smallest absolute Gasteiger partial charge is 0.286 e. The molecule has 1 fully saturated rings. The van der Waals surface area contributed by atoms with Crippen molar-refractivity contribution in [1.29, 1.82) is 0 Å². The van der Waals surface area contributed by atoms with Gasteiger partial charge in [-0.1, -0.05) is 12.1 Å². The average molecular weight is 383 g/mol. The van der Waals surface area contributed by atoms with E-state index in [1.165, 1.54) is 6.26 Å². The summed E-state index contributed by atoms with van der Waals surface area (Å²) in [5, 5.41) is 3.74. The minimum Gasteiger partial charge on any atom is -0.459 e. The molecule has 0 saturated carbocycles. The number of amides is 2. The number of benzene rings is 1. The van der Waals surface area contributed by atoms with Gasteiger partial charge >= 0.3 is 0 Å². The molecule has 1 saturated heterocycles. The van der Waals surface area contributed by atoms with Gasteiger partial charge in [0, 0.05) is 19.5 Å². The molecule has 7 heteroatoms. The van der Waals surface area contributed by atoms with E-state index in [2.05, 4.69) is 11.4 Å². The molecule has 1 aliphatic heterocycles.